The lowest BCUT2D eigenvalue weighted by Gasteiger charge is -2.15. The van der Waals surface area contributed by atoms with E-state index in [4.69, 9.17) is 26.5 Å². The molecular formula is C18H23ClFN4O8PS2. The Bertz CT molecular complexity index is 1240. The fourth-order valence-electron chi connectivity index (χ4n) is 2.74. The minimum absolute atomic E-state index is 0.0605. The lowest BCUT2D eigenvalue weighted by molar-refractivity contribution is -0.137. The van der Waals surface area contributed by atoms with Crippen LogP contribution in [-0.4, -0.2) is 61.9 Å². The van der Waals surface area contributed by atoms with Crippen molar-refractivity contribution in [2.24, 2.45) is 4.99 Å². The zero-order valence-electron chi connectivity index (χ0n) is 18.3. The summed E-state index contributed by atoms with van der Waals surface area (Å²) >= 11 is 8.17. The molecule has 35 heavy (non-hydrogen) atoms. The van der Waals surface area contributed by atoms with Crippen LogP contribution in [0.15, 0.2) is 26.8 Å². The first-order valence-corrected chi connectivity index (χ1v) is 13.9. The summed E-state index contributed by atoms with van der Waals surface area (Å²) in [4.78, 5) is 54.6. The van der Waals surface area contributed by atoms with E-state index in [9.17, 15) is 23.3 Å². The Morgan fingerprint density at radius 2 is 1.97 bits per heavy atom. The maximum atomic E-state index is 14.3. The number of fused-ring (bicyclic) bond motifs is 1. The second kappa shape index (κ2) is 13.3. The molecule has 12 nitrogen and oxygen atoms in total. The molecule has 2 heterocycles. The predicted molar refractivity (Wildman–Crippen MR) is 128 cm³/mol. The van der Waals surface area contributed by atoms with Crippen LogP contribution in [0.2, 0.25) is 5.02 Å². The molecule has 0 atom stereocenters. The fourth-order valence-corrected chi connectivity index (χ4v) is 5.13. The van der Waals surface area contributed by atoms with Gasteiger partial charge in [-0.3, -0.25) is 28.9 Å². The van der Waals surface area contributed by atoms with Crippen molar-refractivity contribution >= 4 is 59.9 Å². The van der Waals surface area contributed by atoms with Crippen LogP contribution in [0.5, 0.6) is 0 Å². The van der Waals surface area contributed by atoms with Crippen molar-refractivity contribution < 1.29 is 38.2 Å². The molecule has 3 rings (SSSR count). The molecule has 0 saturated heterocycles. The van der Waals surface area contributed by atoms with Gasteiger partial charge in [0.15, 0.2) is 0 Å². The van der Waals surface area contributed by atoms with Crippen LogP contribution >= 0.6 is 42.3 Å². The standard InChI is InChI=1S/C15H15ClFN3O3S2.C3H8NO5P/c1-23-13(21)8-24-12-7-11(10(17)6-9(12)16)18-14-19-4-2-3-5-20(19)15(22)25-14;5-3(6)1-4-2-10(7,8)9/h6-7H,2-5,8H2,1H3;4H,1-2H2,(H,5,6)(H2,7,8,9). The van der Waals surface area contributed by atoms with Gasteiger partial charge in [0, 0.05) is 18.0 Å². The number of hydrogen-bond donors (Lipinski definition) is 4. The number of halogens is 2. The molecule has 0 aliphatic carbocycles. The largest absolute Gasteiger partial charge is 0.480 e. The van der Waals surface area contributed by atoms with Crippen LogP contribution in [0, 0.1) is 5.82 Å². The first-order chi connectivity index (χ1) is 16.4. The topological polar surface area (TPSA) is 172 Å². The molecule has 1 aromatic heterocycles. The highest BCUT2D eigenvalue weighted by Gasteiger charge is 2.15. The van der Waals surface area contributed by atoms with Gasteiger partial charge in [-0.2, -0.15) is 0 Å². The van der Waals surface area contributed by atoms with Gasteiger partial charge in [0.2, 0.25) is 4.80 Å². The number of esters is 1. The number of carboxylic acids is 1. The minimum Gasteiger partial charge on any atom is -0.480 e. The molecule has 2 aromatic rings. The maximum Gasteiger partial charge on any atom is 0.339 e. The van der Waals surface area contributed by atoms with E-state index >= 15 is 0 Å². The van der Waals surface area contributed by atoms with Crippen LogP contribution in [0.1, 0.15) is 12.8 Å². The summed E-state index contributed by atoms with van der Waals surface area (Å²) in [5, 5.41) is 10.3. The average molecular weight is 573 g/mol. The highest BCUT2D eigenvalue weighted by Crippen LogP contribution is 2.33. The summed E-state index contributed by atoms with van der Waals surface area (Å²) in [5.74, 6) is -2.07. The van der Waals surface area contributed by atoms with Crippen LogP contribution in [-0.2, 0) is 32.0 Å². The Balaban J connectivity index is 0.000000367. The minimum atomic E-state index is -4.10. The van der Waals surface area contributed by atoms with Crippen LogP contribution < -0.4 is 15.0 Å². The van der Waals surface area contributed by atoms with Gasteiger partial charge in [-0.05, 0) is 36.3 Å². The molecule has 0 spiro atoms. The van der Waals surface area contributed by atoms with Crippen molar-refractivity contribution in [2.75, 3.05) is 25.7 Å². The van der Waals surface area contributed by atoms with Crippen molar-refractivity contribution in [1.82, 2.24) is 14.7 Å². The molecule has 0 saturated carbocycles. The first kappa shape index (κ1) is 29.2. The smallest absolute Gasteiger partial charge is 0.339 e. The lowest BCUT2D eigenvalue weighted by Crippen LogP contribution is -2.31. The molecule has 0 fully saturated rings. The Morgan fingerprint density at radius 3 is 2.57 bits per heavy atom. The number of aromatic nitrogens is 2. The molecule has 17 heteroatoms. The third-order valence-corrected chi connectivity index (χ3v) is 7.24. The lowest BCUT2D eigenvalue weighted by atomic mass is 10.3. The summed E-state index contributed by atoms with van der Waals surface area (Å²) in [6, 6.07) is 2.64. The normalized spacial score (nSPS) is 13.6. The molecule has 194 valence electrons. The van der Waals surface area contributed by atoms with Crippen LogP contribution in [0.3, 0.4) is 0 Å². The zero-order chi connectivity index (χ0) is 26.2. The Kier molecular flexibility index (Phi) is 11.1. The third-order valence-electron chi connectivity index (χ3n) is 4.28. The number of aliphatic carboxylic acids is 1. The molecule has 0 unspecified atom stereocenters. The molecule has 1 aliphatic rings. The van der Waals surface area contributed by atoms with E-state index in [1.165, 1.54) is 13.2 Å². The summed E-state index contributed by atoms with van der Waals surface area (Å²) < 4.78 is 32.3. The number of carbonyl (C=O) groups is 2. The number of carboxylic acid groups (broad SMARTS) is 1. The predicted octanol–water partition coefficient (Wildman–Crippen LogP) is 1.59. The van der Waals surface area contributed by atoms with Gasteiger partial charge < -0.3 is 19.6 Å². The monoisotopic (exact) mass is 572 g/mol. The van der Waals surface area contributed by atoms with E-state index in [1.54, 1.807) is 9.36 Å². The maximum absolute atomic E-state index is 14.3. The van der Waals surface area contributed by atoms with E-state index in [2.05, 4.69) is 15.0 Å². The summed E-state index contributed by atoms with van der Waals surface area (Å²) in [6.07, 6.45) is 1.30. The second-order valence-corrected chi connectivity index (χ2v) is 10.9. The van der Waals surface area contributed by atoms with Gasteiger partial charge in [-0.1, -0.05) is 11.6 Å². The molecule has 1 aliphatic heterocycles. The van der Waals surface area contributed by atoms with E-state index in [0.29, 0.717) is 22.8 Å². The van der Waals surface area contributed by atoms with Crippen molar-refractivity contribution in [3.05, 3.63) is 37.4 Å². The number of hydrogen-bond acceptors (Lipinski definition) is 9. The van der Waals surface area contributed by atoms with Gasteiger partial charge in [-0.15, -0.1) is 11.8 Å². The van der Waals surface area contributed by atoms with Gasteiger partial charge in [-0.25, -0.2) is 14.1 Å². The highest BCUT2D eigenvalue weighted by molar-refractivity contribution is 8.00. The number of thioether (sulfide) groups is 1. The number of nitrogens with zero attached hydrogens (tertiary/aromatic N) is 3. The van der Waals surface area contributed by atoms with Crippen molar-refractivity contribution in [3.63, 3.8) is 0 Å². The summed E-state index contributed by atoms with van der Waals surface area (Å²) in [5.41, 5.74) is 0.0829. The van der Waals surface area contributed by atoms with Crippen molar-refractivity contribution in [2.45, 2.75) is 30.8 Å². The van der Waals surface area contributed by atoms with Gasteiger partial charge in [0.05, 0.1) is 30.7 Å². The van der Waals surface area contributed by atoms with Crippen molar-refractivity contribution in [1.29, 1.82) is 0 Å². The van der Waals surface area contributed by atoms with Gasteiger partial charge in [0.25, 0.3) is 0 Å². The molecule has 1 aromatic carbocycles. The zero-order valence-corrected chi connectivity index (χ0v) is 21.6. The van der Waals surface area contributed by atoms with Gasteiger partial charge >= 0.3 is 24.4 Å². The molecule has 0 bridgehead atoms. The number of carbonyl (C=O) groups excluding carboxylic acids is 1. The number of ether oxygens (including phenoxy) is 1. The SMILES string of the molecule is COC(=O)CSc1cc(N=c2sc(=O)n3n2CCCC3)c(F)cc1Cl.O=C(O)CNCP(=O)(O)O. The Morgan fingerprint density at radius 1 is 1.31 bits per heavy atom. The average Bonchev–Trinajstić information content (AvgIpc) is 3.09. The number of nitrogens with one attached hydrogen (secondary N) is 1. The van der Waals surface area contributed by atoms with Crippen molar-refractivity contribution in [3.8, 4) is 0 Å². The summed E-state index contributed by atoms with van der Waals surface area (Å²) in [6.45, 7) is 0.885. The molecule has 0 radical (unpaired) electrons. The van der Waals surface area contributed by atoms with E-state index in [0.717, 1.165) is 42.0 Å². The molecule has 4 N–H and O–H groups in total. The molecular weight excluding hydrogens is 550 g/mol. The van der Waals surface area contributed by atoms with Crippen LogP contribution in [0.4, 0.5) is 10.1 Å². The van der Waals surface area contributed by atoms with Gasteiger partial charge in [0.1, 0.15) is 11.5 Å². The Labute approximate surface area is 211 Å². The quantitative estimate of drug-likeness (QED) is 0.207. The molecule has 0 amide bonds. The van der Waals surface area contributed by atoms with E-state index < -0.39 is 38.2 Å². The fraction of sp³-hybridized carbons (Fsp3) is 0.444. The summed E-state index contributed by atoms with van der Waals surface area (Å²) in [7, 11) is -2.80. The third kappa shape index (κ3) is 9.52. The number of benzene rings is 1. The number of methoxy groups -OCH3 is 1. The Hall–Kier alpha value is -2.00. The first-order valence-electron chi connectivity index (χ1n) is 9.92. The highest BCUT2D eigenvalue weighted by atomic mass is 35.5. The van der Waals surface area contributed by atoms with Crippen LogP contribution in [0.25, 0.3) is 0 Å². The van der Waals surface area contributed by atoms with E-state index in [1.807, 2.05) is 0 Å². The van der Waals surface area contributed by atoms with E-state index in [-0.39, 0.29) is 21.3 Å². The number of rotatable bonds is 8. The second-order valence-electron chi connectivity index (χ2n) is 6.96.